The largest absolute Gasteiger partial charge is 0.369 e. The molecule has 2 rings (SSSR count). The fourth-order valence-corrected chi connectivity index (χ4v) is 2.07. The Morgan fingerprint density at radius 2 is 1.95 bits per heavy atom. The van der Waals surface area contributed by atoms with Gasteiger partial charge >= 0.3 is 0 Å². The van der Waals surface area contributed by atoms with Crippen molar-refractivity contribution in [2.75, 3.05) is 17.3 Å². The minimum absolute atomic E-state index is 0.00962. The molecule has 1 amide bonds. The molecule has 0 aliphatic heterocycles. The van der Waals surface area contributed by atoms with E-state index in [4.69, 9.17) is 0 Å². The van der Waals surface area contributed by atoms with Crippen molar-refractivity contribution in [3.63, 3.8) is 0 Å². The molecule has 4 nitrogen and oxygen atoms in total. The summed E-state index contributed by atoms with van der Waals surface area (Å²) in [5.41, 5.74) is 2.27. The maximum Gasteiger partial charge on any atom is 0.225 e. The predicted molar refractivity (Wildman–Crippen MR) is 86.3 cm³/mol. The van der Waals surface area contributed by atoms with Crippen LogP contribution in [0.2, 0.25) is 0 Å². The van der Waals surface area contributed by atoms with Gasteiger partial charge in [0.15, 0.2) is 0 Å². The van der Waals surface area contributed by atoms with Gasteiger partial charge in [0.05, 0.1) is 11.9 Å². The number of rotatable bonds is 6. The van der Waals surface area contributed by atoms with Crippen LogP contribution in [0.1, 0.15) is 25.3 Å². The molecule has 0 bridgehead atoms. The molecule has 0 atom stereocenters. The van der Waals surface area contributed by atoms with E-state index in [1.165, 1.54) is 5.56 Å². The van der Waals surface area contributed by atoms with Gasteiger partial charge in [-0.1, -0.05) is 37.3 Å². The highest BCUT2D eigenvalue weighted by atomic mass is 16.1. The highest BCUT2D eigenvalue weighted by Crippen LogP contribution is 2.16. The minimum atomic E-state index is 0.00962. The van der Waals surface area contributed by atoms with Crippen molar-refractivity contribution in [1.29, 1.82) is 0 Å². The van der Waals surface area contributed by atoms with Crippen LogP contribution in [0.3, 0.4) is 0 Å². The second kappa shape index (κ2) is 7.43. The number of nitrogens with one attached hydrogen (secondary N) is 1. The zero-order chi connectivity index (χ0) is 15.1. The van der Waals surface area contributed by atoms with Crippen LogP contribution in [0.4, 0.5) is 11.5 Å². The lowest BCUT2D eigenvalue weighted by molar-refractivity contribution is -0.116. The van der Waals surface area contributed by atoms with Gasteiger partial charge in [0.1, 0.15) is 5.82 Å². The summed E-state index contributed by atoms with van der Waals surface area (Å²) in [6, 6.07) is 14.1. The van der Waals surface area contributed by atoms with Gasteiger partial charge in [-0.2, -0.15) is 0 Å². The summed E-state index contributed by atoms with van der Waals surface area (Å²) in [4.78, 5) is 17.9. The van der Waals surface area contributed by atoms with E-state index >= 15 is 0 Å². The average Bonchev–Trinajstić information content (AvgIpc) is 2.49. The molecule has 0 aliphatic carbocycles. The number of carbonyl (C=O) groups excluding carboxylic acids is 1. The fraction of sp³-hybridized carbons (Fsp3) is 0.294. The number of aromatic nitrogens is 1. The normalized spacial score (nSPS) is 10.2. The average molecular weight is 283 g/mol. The summed E-state index contributed by atoms with van der Waals surface area (Å²) in [5, 5.41) is 2.79. The van der Waals surface area contributed by atoms with Gasteiger partial charge in [0, 0.05) is 20.0 Å². The highest BCUT2D eigenvalue weighted by Gasteiger charge is 2.05. The Morgan fingerprint density at radius 3 is 2.57 bits per heavy atom. The molecule has 1 aromatic heterocycles. The van der Waals surface area contributed by atoms with Crippen LogP contribution in [0.5, 0.6) is 0 Å². The van der Waals surface area contributed by atoms with Gasteiger partial charge in [-0.05, 0) is 24.1 Å². The molecular weight excluding hydrogens is 262 g/mol. The van der Waals surface area contributed by atoms with Gasteiger partial charge < -0.3 is 10.2 Å². The molecule has 110 valence electrons. The third-order valence-corrected chi connectivity index (χ3v) is 3.20. The van der Waals surface area contributed by atoms with Crippen LogP contribution in [-0.4, -0.2) is 17.9 Å². The molecule has 21 heavy (non-hydrogen) atoms. The first-order chi connectivity index (χ1) is 10.2. The molecule has 0 saturated carbocycles. The lowest BCUT2D eigenvalue weighted by Crippen LogP contribution is -2.17. The molecule has 0 saturated heterocycles. The number of anilines is 2. The molecule has 1 N–H and O–H groups in total. The molecule has 0 radical (unpaired) electrons. The molecule has 1 aromatic carbocycles. The zero-order valence-electron chi connectivity index (χ0n) is 12.5. The Balaban J connectivity index is 1.96. The monoisotopic (exact) mass is 283 g/mol. The third-order valence-electron chi connectivity index (χ3n) is 3.20. The summed E-state index contributed by atoms with van der Waals surface area (Å²) in [7, 11) is 2.03. The number of nitrogens with zero attached hydrogens (tertiary/aromatic N) is 2. The molecular formula is C17H21N3O. The van der Waals surface area contributed by atoms with Crippen LogP contribution >= 0.6 is 0 Å². The second-order valence-electron chi connectivity index (χ2n) is 5.04. The maximum atomic E-state index is 11.5. The van der Waals surface area contributed by atoms with Crippen LogP contribution in [-0.2, 0) is 11.3 Å². The molecule has 2 aromatic rings. The number of pyridine rings is 1. The summed E-state index contributed by atoms with van der Waals surface area (Å²) < 4.78 is 0. The van der Waals surface area contributed by atoms with Crippen molar-refractivity contribution < 1.29 is 4.79 Å². The topological polar surface area (TPSA) is 45.2 Å². The number of hydrogen-bond acceptors (Lipinski definition) is 3. The van der Waals surface area contributed by atoms with E-state index in [2.05, 4.69) is 27.3 Å². The lowest BCUT2D eigenvalue weighted by atomic mass is 10.2. The Labute approximate surface area is 125 Å². The van der Waals surface area contributed by atoms with Crippen molar-refractivity contribution in [2.24, 2.45) is 0 Å². The number of amides is 1. The molecule has 1 heterocycles. The smallest absolute Gasteiger partial charge is 0.225 e. The first-order valence-corrected chi connectivity index (χ1v) is 7.20. The van der Waals surface area contributed by atoms with E-state index in [1.807, 2.05) is 44.3 Å². The van der Waals surface area contributed by atoms with Crippen molar-refractivity contribution in [3.8, 4) is 0 Å². The van der Waals surface area contributed by atoms with Crippen LogP contribution in [0.15, 0.2) is 48.7 Å². The Kier molecular flexibility index (Phi) is 5.32. The van der Waals surface area contributed by atoms with Crippen LogP contribution in [0, 0.1) is 0 Å². The first-order valence-electron chi connectivity index (χ1n) is 7.20. The molecule has 0 unspecified atom stereocenters. The summed E-state index contributed by atoms with van der Waals surface area (Å²) in [6.07, 6.45) is 3.14. The van der Waals surface area contributed by atoms with Gasteiger partial charge in [-0.3, -0.25) is 4.79 Å². The summed E-state index contributed by atoms with van der Waals surface area (Å²) in [5.74, 6) is 0.612. The fourth-order valence-electron chi connectivity index (χ4n) is 2.07. The molecule has 0 spiro atoms. The molecule has 0 aliphatic rings. The van der Waals surface area contributed by atoms with E-state index in [0.29, 0.717) is 12.2 Å². The number of hydrogen-bond donors (Lipinski definition) is 1. The summed E-state index contributed by atoms with van der Waals surface area (Å²) in [6.45, 7) is 2.80. The van der Waals surface area contributed by atoms with Crippen LogP contribution in [0.25, 0.3) is 0 Å². The van der Waals surface area contributed by atoms with E-state index in [0.717, 1.165) is 18.7 Å². The van der Waals surface area contributed by atoms with E-state index in [-0.39, 0.29) is 5.91 Å². The number of benzene rings is 1. The standard InChI is InChI=1S/C17H21N3O/c1-3-7-17(21)19-16-11-10-15(12-18-16)20(2)13-14-8-5-4-6-9-14/h4-6,8-12H,3,7,13H2,1-2H3,(H,18,19,21). The van der Waals surface area contributed by atoms with Crippen molar-refractivity contribution in [3.05, 3.63) is 54.2 Å². The van der Waals surface area contributed by atoms with Gasteiger partial charge in [0.25, 0.3) is 0 Å². The van der Waals surface area contributed by atoms with Gasteiger partial charge in [0.2, 0.25) is 5.91 Å². The highest BCUT2D eigenvalue weighted by molar-refractivity contribution is 5.89. The third kappa shape index (κ3) is 4.60. The van der Waals surface area contributed by atoms with E-state index < -0.39 is 0 Å². The van der Waals surface area contributed by atoms with Crippen molar-refractivity contribution >= 4 is 17.4 Å². The Bertz CT molecular complexity index is 566. The van der Waals surface area contributed by atoms with E-state index in [1.54, 1.807) is 6.20 Å². The van der Waals surface area contributed by atoms with Gasteiger partial charge in [-0.25, -0.2) is 4.98 Å². The Hall–Kier alpha value is -2.36. The maximum absolute atomic E-state index is 11.5. The van der Waals surface area contributed by atoms with E-state index in [9.17, 15) is 4.79 Å². The van der Waals surface area contributed by atoms with Crippen LogP contribution < -0.4 is 10.2 Å². The lowest BCUT2D eigenvalue weighted by Gasteiger charge is -2.19. The Morgan fingerprint density at radius 1 is 1.19 bits per heavy atom. The molecule has 0 fully saturated rings. The SMILES string of the molecule is CCCC(=O)Nc1ccc(N(C)Cc2ccccc2)cn1. The predicted octanol–water partition coefficient (Wildman–Crippen LogP) is 3.46. The second-order valence-corrected chi connectivity index (χ2v) is 5.04. The zero-order valence-corrected chi connectivity index (χ0v) is 12.5. The first kappa shape index (κ1) is 15.0. The van der Waals surface area contributed by atoms with Crippen molar-refractivity contribution in [2.45, 2.75) is 26.3 Å². The quantitative estimate of drug-likeness (QED) is 0.883. The minimum Gasteiger partial charge on any atom is -0.369 e. The summed E-state index contributed by atoms with van der Waals surface area (Å²) >= 11 is 0. The number of carbonyl (C=O) groups is 1. The van der Waals surface area contributed by atoms with Gasteiger partial charge in [-0.15, -0.1) is 0 Å². The molecule has 4 heteroatoms. The van der Waals surface area contributed by atoms with Crippen molar-refractivity contribution in [1.82, 2.24) is 4.98 Å².